The number of hydrogen-bond acceptors (Lipinski definition) is 2. The fraction of sp³-hybridized carbons (Fsp3) is 1.00. The molecule has 1 N–H and O–H groups in total. The lowest BCUT2D eigenvalue weighted by atomic mass is 9.87. The Labute approximate surface area is 92.8 Å². The summed E-state index contributed by atoms with van der Waals surface area (Å²) in [7, 11) is 0. The second-order valence-corrected chi connectivity index (χ2v) is 5.99. The molecule has 15 heavy (non-hydrogen) atoms. The summed E-state index contributed by atoms with van der Waals surface area (Å²) in [5, 5.41) is 3.69. The lowest BCUT2D eigenvalue weighted by molar-refractivity contribution is -0.0577. The average molecular weight is 209 g/mol. The second-order valence-electron chi connectivity index (χ2n) is 5.99. The average Bonchev–Trinajstić information content (AvgIpc) is 2.81. The standard InChI is InChI=1S/C13H23NO/c1-2-6-12(5-1)9-14-10-13(15-11-12)7-3-4-8-13/h14H,1-11H2. The van der Waals surface area contributed by atoms with Crippen molar-refractivity contribution in [3.8, 4) is 0 Å². The minimum absolute atomic E-state index is 0.228. The maximum absolute atomic E-state index is 6.33. The van der Waals surface area contributed by atoms with Gasteiger partial charge in [-0.1, -0.05) is 25.7 Å². The van der Waals surface area contributed by atoms with Crippen molar-refractivity contribution in [2.24, 2.45) is 5.41 Å². The minimum atomic E-state index is 0.228. The maximum atomic E-state index is 6.33. The molecule has 86 valence electrons. The van der Waals surface area contributed by atoms with Crippen molar-refractivity contribution < 1.29 is 4.74 Å². The molecule has 0 atom stereocenters. The van der Waals surface area contributed by atoms with Crippen molar-refractivity contribution in [2.45, 2.75) is 57.0 Å². The van der Waals surface area contributed by atoms with Crippen molar-refractivity contribution in [3.05, 3.63) is 0 Å². The largest absolute Gasteiger partial charge is 0.373 e. The first-order valence-corrected chi connectivity index (χ1v) is 6.67. The first-order valence-electron chi connectivity index (χ1n) is 6.67. The zero-order valence-corrected chi connectivity index (χ0v) is 9.69. The number of rotatable bonds is 0. The molecule has 2 spiro atoms. The highest BCUT2D eigenvalue weighted by atomic mass is 16.5. The van der Waals surface area contributed by atoms with Crippen molar-refractivity contribution >= 4 is 0 Å². The Hall–Kier alpha value is -0.0800. The predicted molar refractivity (Wildman–Crippen MR) is 60.9 cm³/mol. The van der Waals surface area contributed by atoms with Gasteiger partial charge in [-0.2, -0.15) is 0 Å². The van der Waals surface area contributed by atoms with Gasteiger partial charge < -0.3 is 10.1 Å². The van der Waals surface area contributed by atoms with Gasteiger partial charge in [-0.3, -0.25) is 0 Å². The van der Waals surface area contributed by atoms with Gasteiger partial charge in [-0.25, -0.2) is 0 Å². The van der Waals surface area contributed by atoms with Gasteiger partial charge in [0.25, 0.3) is 0 Å². The summed E-state index contributed by atoms with van der Waals surface area (Å²) < 4.78 is 6.33. The van der Waals surface area contributed by atoms with Crippen LogP contribution in [-0.2, 0) is 4.74 Å². The molecule has 1 heterocycles. The van der Waals surface area contributed by atoms with Gasteiger partial charge in [0.1, 0.15) is 0 Å². The molecule has 0 aromatic carbocycles. The quantitative estimate of drug-likeness (QED) is 0.662. The van der Waals surface area contributed by atoms with Crippen LogP contribution in [0.2, 0.25) is 0 Å². The molecule has 3 fully saturated rings. The minimum Gasteiger partial charge on any atom is -0.373 e. The van der Waals surface area contributed by atoms with E-state index in [9.17, 15) is 0 Å². The first kappa shape index (κ1) is 10.1. The predicted octanol–water partition coefficient (Wildman–Crippen LogP) is 2.48. The monoisotopic (exact) mass is 209 g/mol. The molecule has 0 amide bonds. The van der Waals surface area contributed by atoms with E-state index in [1.54, 1.807) is 0 Å². The summed E-state index contributed by atoms with van der Waals surface area (Å²) in [6.45, 7) is 3.34. The van der Waals surface area contributed by atoms with Crippen LogP contribution in [0.5, 0.6) is 0 Å². The molecule has 0 bridgehead atoms. The zero-order valence-electron chi connectivity index (χ0n) is 9.69. The van der Waals surface area contributed by atoms with E-state index in [1.807, 2.05) is 0 Å². The third-order valence-electron chi connectivity index (χ3n) is 4.81. The number of nitrogens with one attached hydrogen (secondary N) is 1. The molecule has 0 radical (unpaired) electrons. The van der Waals surface area contributed by atoms with Gasteiger partial charge in [0.05, 0.1) is 12.2 Å². The highest BCUT2D eigenvalue weighted by Crippen LogP contribution is 2.42. The Kier molecular flexibility index (Phi) is 2.52. The van der Waals surface area contributed by atoms with E-state index in [-0.39, 0.29) is 5.60 Å². The van der Waals surface area contributed by atoms with E-state index in [0.29, 0.717) is 5.41 Å². The Bertz CT molecular complexity index is 203. The number of ether oxygens (including phenoxy) is 1. The molecule has 3 aliphatic rings. The summed E-state index contributed by atoms with van der Waals surface area (Å²) in [6, 6.07) is 0. The van der Waals surface area contributed by atoms with Gasteiger partial charge in [0, 0.05) is 18.5 Å². The molecular weight excluding hydrogens is 186 g/mol. The lowest BCUT2D eigenvalue weighted by Crippen LogP contribution is -2.38. The Morgan fingerprint density at radius 1 is 0.800 bits per heavy atom. The van der Waals surface area contributed by atoms with Crippen LogP contribution in [0.3, 0.4) is 0 Å². The lowest BCUT2D eigenvalue weighted by Gasteiger charge is -2.30. The molecule has 2 nitrogen and oxygen atoms in total. The SMILES string of the molecule is C1CCC2(C1)CNCC1(CCCC1)OC2. The van der Waals surface area contributed by atoms with Crippen LogP contribution >= 0.6 is 0 Å². The summed E-state index contributed by atoms with van der Waals surface area (Å²) in [5.41, 5.74) is 0.734. The van der Waals surface area contributed by atoms with Crippen molar-refractivity contribution in [2.75, 3.05) is 19.7 Å². The molecule has 0 aromatic rings. The van der Waals surface area contributed by atoms with E-state index in [2.05, 4.69) is 5.32 Å². The normalized spacial score (nSPS) is 33.6. The molecule has 2 saturated carbocycles. The van der Waals surface area contributed by atoms with E-state index < -0.39 is 0 Å². The second kappa shape index (κ2) is 3.74. The Balaban J connectivity index is 1.70. The fourth-order valence-corrected chi connectivity index (χ4v) is 3.75. The van der Waals surface area contributed by atoms with Gasteiger partial charge in [-0.05, 0) is 25.7 Å². The summed E-state index contributed by atoms with van der Waals surface area (Å²) in [5.74, 6) is 0. The van der Waals surface area contributed by atoms with Gasteiger partial charge in [-0.15, -0.1) is 0 Å². The molecule has 3 rings (SSSR count). The van der Waals surface area contributed by atoms with Crippen molar-refractivity contribution in [3.63, 3.8) is 0 Å². The first-order chi connectivity index (χ1) is 7.33. The van der Waals surface area contributed by atoms with E-state index >= 15 is 0 Å². The van der Waals surface area contributed by atoms with Gasteiger partial charge in [0.2, 0.25) is 0 Å². The molecule has 1 aliphatic heterocycles. The number of hydrogen-bond donors (Lipinski definition) is 1. The highest BCUT2D eigenvalue weighted by Gasteiger charge is 2.43. The summed E-state index contributed by atoms with van der Waals surface area (Å²) >= 11 is 0. The Morgan fingerprint density at radius 3 is 2.20 bits per heavy atom. The van der Waals surface area contributed by atoms with Gasteiger partial charge >= 0.3 is 0 Å². The maximum Gasteiger partial charge on any atom is 0.0806 e. The topological polar surface area (TPSA) is 21.3 Å². The molecule has 1 saturated heterocycles. The molecule has 2 aliphatic carbocycles. The van der Waals surface area contributed by atoms with Crippen LogP contribution in [0, 0.1) is 5.41 Å². The van der Waals surface area contributed by atoms with Crippen LogP contribution in [0.25, 0.3) is 0 Å². The third-order valence-corrected chi connectivity index (χ3v) is 4.81. The third kappa shape index (κ3) is 1.83. The van der Waals surface area contributed by atoms with Gasteiger partial charge in [0.15, 0.2) is 0 Å². The van der Waals surface area contributed by atoms with Crippen LogP contribution in [0.4, 0.5) is 0 Å². The molecule has 0 unspecified atom stereocenters. The van der Waals surface area contributed by atoms with E-state index in [4.69, 9.17) is 4.74 Å². The van der Waals surface area contributed by atoms with E-state index in [1.165, 1.54) is 57.9 Å². The summed E-state index contributed by atoms with van der Waals surface area (Å²) in [4.78, 5) is 0. The summed E-state index contributed by atoms with van der Waals surface area (Å²) in [6.07, 6.45) is 10.9. The van der Waals surface area contributed by atoms with Crippen LogP contribution < -0.4 is 5.32 Å². The van der Waals surface area contributed by atoms with Crippen LogP contribution in [-0.4, -0.2) is 25.3 Å². The van der Waals surface area contributed by atoms with Crippen molar-refractivity contribution in [1.82, 2.24) is 5.32 Å². The fourth-order valence-electron chi connectivity index (χ4n) is 3.75. The molecule has 2 heteroatoms. The van der Waals surface area contributed by atoms with Crippen molar-refractivity contribution in [1.29, 1.82) is 0 Å². The Morgan fingerprint density at radius 2 is 1.47 bits per heavy atom. The highest BCUT2D eigenvalue weighted by molar-refractivity contribution is 4.96. The van der Waals surface area contributed by atoms with Crippen LogP contribution in [0.1, 0.15) is 51.4 Å². The molecular formula is C13H23NO. The van der Waals surface area contributed by atoms with E-state index in [0.717, 1.165) is 13.2 Å². The van der Waals surface area contributed by atoms with Crippen LogP contribution in [0.15, 0.2) is 0 Å². The smallest absolute Gasteiger partial charge is 0.0806 e. The molecule has 0 aromatic heterocycles. The zero-order chi connectivity index (χ0) is 10.2.